The van der Waals surface area contributed by atoms with E-state index in [1.807, 2.05) is 24.3 Å². The van der Waals surface area contributed by atoms with Gasteiger partial charge in [0, 0.05) is 18.4 Å². The molecule has 3 heteroatoms. The van der Waals surface area contributed by atoms with Crippen molar-refractivity contribution in [3.63, 3.8) is 0 Å². The third-order valence-electron chi connectivity index (χ3n) is 1.95. The highest BCUT2D eigenvalue weighted by atomic mass is 16.5. The van der Waals surface area contributed by atoms with Crippen LogP contribution in [0.15, 0.2) is 31.0 Å². The van der Waals surface area contributed by atoms with E-state index in [0.29, 0.717) is 18.9 Å². The lowest BCUT2D eigenvalue weighted by atomic mass is 10.2. The number of pyridine rings is 1. The molecular weight excluding hydrogens is 188 g/mol. The second kappa shape index (κ2) is 6.74. The quantitative estimate of drug-likeness (QED) is 0.525. The Balaban J connectivity index is 2.37. The Bertz CT molecular complexity index is 355. The first-order valence-corrected chi connectivity index (χ1v) is 4.91. The Morgan fingerprint density at radius 2 is 2.47 bits per heavy atom. The molecule has 0 spiro atoms. The maximum absolute atomic E-state index is 8.78. The molecule has 0 aliphatic rings. The molecule has 3 nitrogen and oxygen atoms in total. The van der Waals surface area contributed by atoms with E-state index in [1.54, 1.807) is 6.20 Å². The van der Waals surface area contributed by atoms with Crippen LogP contribution in [0.4, 0.5) is 0 Å². The number of unbranched alkanes of at least 4 members (excludes halogenated alkanes) is 1. The highest BCUT2D eigenvalue weighted by Crippen LogP contribution is 2.06. The van der Waals surface area contributed by atoms with Gasteiger partial charge >= 0.3 is 0 Å². The summed E-state index contributed by atoms with van der Waals surface area (Å²) in [5, 5.41) is 8.78. The van der Waals surface area contributed by atoms with Crippen LogP contribution in [0.5, 0.6) is 0 Å². The van der Waals surface area contributed by atoms with Gasteiger partial charge in [-0.1, -0.05) is 12.1 Å². The number of ether oxygens (including phenoxy) is 1. The summed E-state index contributed by atoms with van der Waals surface area (Å²) < 4.78 is 5.43. The molecule has 0 aliphatic carbocycles. The Kier molecular flexibility index (Phi) is 5.13. The van der Waals surface area contributed by atoms with Crippen molar-refractivity contribution >= 4 is 0 Å². The molecule has 0 amide bonds. The summed E-state index contributed by atoms with van der Waals surface area (Å²) in [5.74, 6) is 0. The van der Waals surface area contributed by atoms with Gasteiger partial charge in [-0.2, -0.15) is 5.26 Å². The van der Waals surface area contributed by atoms with Crippen LogP contribution in [0.1, 0.15) is 24.1 Å². The lowest BCUT2D eigenvalue weighted by Crippen LogP contribution is -1.98. The molecule has 0 atom stereocenters. The second-order valence-corrected chi connectivity index (χ2v) is 3.11. The van der Waals surface area contributed by atoms with Crippen molar-refractivity contribution in [2.75, 3.05) is 6.61 Å². The van der Waals surface area contributed by atoms with Gasteiger partial charge in [-0.05, 0) is 18.9 Å². The fourth-order valence-electron chi connectivity index (χ4n) is 1.17. The van der Waals surface area contributed by atoms with Gasteiger partial charge in [0.2, 0.25) is 0 Å². The summed E-state index contributed by atoms with van der Waals surface area (Å²) in [6, 6.07) is 5.71. The number of hydrogen-bond donors (Lipinski definition) is 0. The van der Waals surface area contributed by atoms with Crippen molar-refractivity contribution in [3.8, 4) is 6.07 Å². The van der Waals surface area contributed by atoms with E-state index in [-0.39, 0.29) is 0 Å². The van der Waals surface area contributed by atoms with Crippen LogP contribution in [0.25, 0.3) is 0 Å². The molecule has 0 saturated heterocycles. The molecule has 0 aliphatic heterocycles. The van der Waals surface area contributed by atoms with Gasteiger partial charge in [-0.3, -0.25) is 0 Å². The third kappa shape index (κ3) is 3.92. The first-order valence-electron chi connectivity index (χ1n) is 4.91. The topological polar surface area (TPSA) is 45.9 Å². The summed E-state index contributed by atoms with van der Waals surface area (Å²) in [4.78, 5) is 3.95. The van der Waals surface area contributed by atoms with Crippen molar-refractivity contribution in [3.05, 3.63) is 42.2 Å². The molecule has 0 unspecified atom stereocenters. The van der Waals surface area contributed by atoms with E-state index < -0.39 is 0 Å². The Morgan fingerprint density at radius 1 is 1.60 bits per heavy atom. The zero-order valence-electron chi connectivity index (χ0n) is 8.65. The van der Waals surface area contributed by atoms with Gasteiger partial charge in [0.25, 0.3) is 0 Å². The number of rotatable bonds is 6. The molecular formula is C12H14N2O. The number of nitrogens with zero attached hydrogens (tertiary/aromatic N) is 2. The summed E-state index contributed by atoms with van der Waals surface area (Å²) in [5.41, 5.74) is 1.29. The normalized spacial score (nSPS) is 9.53. The minimum absolute atomic E-state index is 0.446. The Labute approximate surface area is 90.0 Å². The maximum Gasteiger partial charge on any atom is 0.145 e. The molecule has 0 saturated carbocycles. The smallest absolute Gasteiger partial charge is 0.145 e. The molecule has 1 heterocycles. The van der Waals surface area contributed by atoms with Crippen molar-refractivity contribution < 1.29 is 4.74 Å². The lowest BCUT2D eigenvalue weighted by Gasteiger charge is -2.04. The minimum Gasteiger partial charge on any atom is -0.377 e. The molecule has 0 fully saturated rings. The fourth-order valence-corrected chi connectivity index (χ4v) is 1.17. The van der Waals surface area contributed by atoms with Crippen molar-refractivity contribution in [2.45, 2.75) is 19.4 Å². The van der Waals surface area contributed by atoms with Gasteiger partial charge in [0.05, 0.1) is 6.61 Å². The SMILES string of the molecule is C=CCCCOCc1cccnc1C#N. The predicted molar refractivity (Wildman–Crippen MR) is 58.0 cm³/mol. The third-order valence-corrected chi connectivity index (χ3v) is 1.95. The number of aromatic nitrogens is 1. The van der Waals surface area contributed by atoms with Gasteiger partial charge < -0.3 is 4.74 Å². The number of allylic oxidation sites excluding steroid dienone is 1. The molecule has 78 valence electrons. The van der Waals surface area contributed by atoms with Gasteiger partial charge in [-0.15, -0.1) is 6.58 Å². The van der Waals surface area contributed by atoms with Crippen LogP contribution >= 0.6 is 0 Å². The van der Waals surface area contributed by atoms with E-state index in [2.05, 4.69) is 11.6 Å². The fraction of sp³-hybridized carbons (Fsp3) is 0.333. The first-order chi connectivity index (χ1) is 7.38. The molecule has 1 rings (SSSR count). The van der Waals surface area contributed by atoms with Gasteiger partial charge in [-0.25, -0.2) is 4.98 Å². The zero-order chi connectivity index (χ0) is 10.9. The molecule has 1 aromatic rings. The maximum atomic E-state index is 8.78. The Morgan fingerprint density at radius 3 is 3.20 bits per heavy atom. The molecule has 0 bridgehead atoms. The summed E-state index contributed by atoms with van der Waals surface area (Å²) >= 11 is 0. The molecule has 15 heavy (non-hydrogen) atoms. The van der Waals surface area contributed by atoms with Crippen molar-refractivity contribution in [1.82, 2.24) is 4.98 Å². The lowest BCUT2D eigenvalue weighted by molar-refractivity contribution is 0.119. The van der Waals surface area contributed by atoms with E-state index in [4.69, 9.17) is 10.00 Å². The van der Waals surface area contributed by atoms with E-state index >= 15 is 0 Å². The predicted octanol–water partition coefficient (Wildman–Crippen LogP) is 2.44. The van der Waals surface area contributed by atoms with Crippen LogP contribution in [-0.4, -0.2) is 11.6 Å². The van der Waals surface area contributed by atoms with Gasteiger partial charge in [0.15, 0.2) is 0 Å². The van der Waals surface area contributed by atoms with Crippen molar-refractivity contribution in [1.29, 1.82) is 5.26 Å². The van der Waals surface area contributed by atoms with Crippen molar-refractivity contribution in [2.24, 2.45) is 0 Å². The average molecular weight is 202 g/mol. The summed E-state index contributed by atoms with van der Waals surface area (Å²) in [6.45, 7) is 4.77. The highest BCUT2D eigenvalue weighted by Gasteiger charge is 2.01. The Hall–Kier alpha value is -1.66. The zero-order valence-corrected chi connectivity index (χ0v) is 8.65. The van der Waals surface area contributed by atoms with Crippen LogP contribution in [0.2, 0.25) is 0 Å². The van der Waals surface area contributed by atoms with Gasteiger partial charge in [0.1, 0.15) is 11.8 Å². The summed E-state index contributed by atoms with van der Waals surface area (Å²) in [6.07, 6.45) is 5.40. The monoisotopic (exact) mass is 202 g/mol. The number of nitriles is 1. The van der Waals surface area contributed by atoms with Crippen LogP contribution in [-0.2, 0) is 11.3 Å². The standard InChI is InChI=1S/C12H14N2O/c1-2-3-4-8-15-10-11-6-5-7-14-12(11)9-13/h2,5-7H,1,3-4,8,10H2. The largest absolute Gasteiger partial charge is 0.377 e. The average Bonchev–Trinajstić information content (AvgIpc) is 2.29. The van der Waals surface area contributed by atoms with Crippen LogP contribution in [0.3, 0.4) is 0 Å². The van der Waals surface area contributed by atoms with E-state index in [1.165, 1.54) is 0 Å². The molecule has 1 aromatic heterocycles. The van der Waals surface area contributed by atoms with E-state index in [0.717, 1.165) is 18.4 Å². The van der Waals surface area contributed by atoms with Crippen LogP contribution < -0.4 is 0 Å². The van der Waals surface area contributed by atoms with E-state index in [9.17, 15) is 0 Å². The number of hydrogen-bond acceptors (Lipinski definition) is 3. The molecule has 0 N–H and O–H groups in total. The second-order valence-electron chi connectivity index (χ2n) is 3.11. The first kappa shape index (κ1) is 11.4. The summed E-state index contributed by atoms with van der Waals surface area (Å²) in [7, 11) is 0. The minimum atomic E-state index is 0.446. The highest BCUT2D eigenvalue weighted by molar-refractivity contribution is 5.29. The van der Waals surface area contributed by atoms with Crippen LogP contribution in [0, 0.1) is 11.3 Å². The molecule has 0 aromatic carbocycles. The molecule has 0 radical (unpaired) electrons.